The van der Waals surface area contributed by atoms with E-state index in [1.54, 1.807) is 18.5 Å². The van der Waals surface area contributed by atoms with E-state index in [0.717, 1.165) is 27.9 Å². The Morgan fingerprint density at radius 3 is 2.65 bits per heavy atom. The highest BCUT2D eigenvalue weighted by molar-refractivity contribution is 6.31. The van der Waals surface area contributed by atoms with Gasteiger partial charge in [0.2, 0.25) is 11.9 Å². The van der Waals surface area contributed by atoms with Gasteiger partial charge < -0.3 is 4.42 Å². The smallest absolute Gasteiger partial charge is 0.230 e. The molecule has 2 aromatic carbocycles. The van der Waals surface area contributed by atoms with Gasteiger partial charge in [0.1, 0.15) is 5.76 Å². The number of hydrogen-bond donors (Lipinski definition) is 1. The van der Waals surface area contributed by atoms with Crippen LogP contribution in [0.5, 0.6) is 0 Å². The molecular formula is C26H18ClN5O2. The van der Waals surface area contributed by atoms with Crippen LogP contribution in [0.3, 0.4) is 0 Å². The van der Waals surface area contributed by atoms with Crippen molar-refractivity contribution in [3.8, 4) is 11.3 Å². The Bertz CT molecular complexity index is 1520. The zero-order valence-corrected chi connectivity index (χ0v) is 18.7. The highest BCUT2D eigenvalue weighted by atomic mass is 35.5. The molecule has 7 nitrogen and oxygen atoms in total. The average molecular weight is 468 g/mol. The van der Waals surface area contributed by atoms with E-state index >= 15 is 0 Å². The van der Waals surface area contributed by atoms with E-state index in [0.29, 0.717) is 41.0 Å². The molecule has 1 N–H and O–H groups in total. The van der Waals surface area contributed by atoms with Crippen molar-refractivity contribution in [2.45, 2.75) is 18.8 Å². The van der Waals surface area contributed by atoms with Gasteiger partial charge in [0, 0.05) is 40.9 Å². The molecule has 6 rings (SSSR count). The molecule has 3 aromatic heterocycles. The number of Topliss-reactive ketones (excluding diaryl/α,β-unsaturated/α-hetero) is 1. The number of anilines is 2. The predicted molar refractivity (Wildman–Crippen MR) is 129 cm³/mol. The van der Waals surface area contributed by atoms with Crippen molar-refractivity contribution in [3.05, 3.63) is 95.2 Å². The van der Waals surface area contributed by atoms with E-state index < -0.39 is 0 Å². The highest BCUT2D eigenvalue weighted by Crippen LogP contribution is 2.33. The van der Waals surface area contributed by atoms with Crippen molar-refractivity contribution in [2.24, 2.45) is 0 Å². The van der Waals surface area contributed by atoms with Gasteiger partial charge in [-0.15, -0.1) is 0 Å². The molecule has 0 fully saturated rings. The first-order chi connectivity index (χ1) is 16.6. The molecule has 0 aliphatic heterocycles. The van der Waals surface area contributed by atoms with E-state index in [9.17, 15) is 4.79 Å². The number of furan rings is 1. The second kappa shape index (κ2) is 8.35. The van der Waals surface area contributed by atoms with Crippen molar-refractivity contribution >= 4 is 40.2 Å². The fourth-order valence-corrected chi connectivity index (χ4v) is 4.47. The quantitative estimate of drug-likeness (QED) is 0.347. The molecule has 0 saturated carbocycles. The molecule has 0 bridgehead atoms. The largest absolute Gasteiger partial charge is 0.469 e. The summed E-state index contributed by atoms with van der Waals surface area (Å²) in [6.45, 7) is 0. The zero-order valence-electron chi connectivity index (χ0n) is 17.9. The molecule has 8 heteroatoms. The third-order valence-corrected chi connectivity index (χ3v) is 6.15. The van der Waals surface area contributed by atoms with E-state index in [1.807, 2.05) is 54.6 Å². The van der Waals surface area contributed by atoms with Crippen LogP contribution in [0.4, 0.5) is 11.9 Å². The van der Waals surface area contributed by atoms with Gasteiger partial charge in [0.05, 0.1) is 28.7 Å². The Morgan fingerprint density at radius 2 is 1.82 bits per heavy atom. The summed E-state index contributed by atoms with van der Waals surface area (Å²) in [5, 5.41) is 4.59. The minimum Gasteiger partial charge on any atom is -0.469 e. The monoisotopic (exact) mass is 467 g/mol. The number of halogens is 1. The van der Waals surface area contributed by atoms with Gasteiger partial charge in [-0.2, -0.15) is 0 Å². The fourth-order valence-electron chi connectivity index (χ4n) is 4.30. The molecule has 0 amide bonds. The van der Waals surface area contributed by atoms with Crippen LogP contribution in [0.25, 0.3) is 22.2 Å². The van der Waals surface area contributed by atoms with Gasteiger partial charge in [0.15, 0.2) is 5.78 Å². The summed E-state index contributed by atoms with van der Waals surface area (Å²) in [4.78, 5) is 31.0. The maximum Gasteiger partial charge on any atom is 0.230 e. The van der Waals surface area contributed by atoms with Gasteiger partial charge in [-0.05, 0) is 30.3 Å². The number of carbonyl (C=O) groups excluding carboxylic acids is 1. The number of aromatic nitrogens is 4. The van der Waals surface area contributed by atoms with Crippen molar-refractivity contribution in [3.63, 3.8) is 0 Å². The number of nitrogens with zero attached hydrogens (tertiary/aromatic N) is 4. The summed E-state index contributed by atoms with van der Waals surface area (Å²) in [6.07, 6.45) is 4.17. The Hall–Kier alpha value is -4.10. The van der Waals surface area contributed by atoms with Crippen LogP contribution in [0.1, 0.15) is 34.2 Å². The number of fused-ring (bicyclic) bond motifs is 2. The molecule has 0 unspecified atom stereocenters. The molecular weight excluding hydrogens is 450 g/mol. The van der Waals surface area contributed by atoms with Crippen molar-refractivity contribution in [1.29, 1.82) is 0 Å². The van der Waals surface area contributed by atoms with Gasteiger partial charge in [0.25, 0.3) is 0 Å². The number of rotatable bonds is 4. The second-order valence-electron chi connectivity index (χ2n) is 8.15. The topological polar surface area (TPSA) is 93.8 Å². The molecule has 5 aromatic rings. The molecule has 34 heavy (non-hydrogen) atoms. The van der Waals surface area contributed by atoms with Crippen LogP contribution < -0.4 is 5.32 Å². The summed E-state index contributed by atoms with van der Waals surface area (Å²) < 4.78 is 5.53. The lowest BCUT2D eigenvalue weighted by molar-refractivity contribution is 0.0958. The first-order valence-electron chi connectivity index (χ1n) is 10.9. The number of carbonyl (C=O) groups is 1. The summed E-state index contributed by atoms with van der Waals surface area (Å²) in [5.74, 6) is 1.46. The lowest BCUT2D eigenvalue weighted by Gasteiger charge is -2.21. The normalized spacial score (nSPS) is 15.3. The van der Waals surface area contributed by atoms with Crippen LogP contribution >= 0.6 is 11.6 Å². The molecule has 1 aliphatic carbocycles. The predicted octanol–water partition coefficient (Wildman–Crippen LogP) is 5.99. The first-order valence-corrected chi connectivity index (χ1v) is 11.2. The van der Waals surface area contributed by atoms with Crippen LogP contribution in [0, 0.1) is 0 Å². The van der Waals surface area contributed by atoms with Crippen LogP contribution in [-0.4, -0.2) is 25.7 Å². The van der Waals surface area contributed by atoms with Gasteiger partial charge in [-0.3, -0.25) is 10.1 Å². The minimum absolute atomic E-state index is 0.0133. The molecule has 0 radical (unpaired) electrons. The third-order valence-electron chi connectivity index (χ3n) is 5.91. The van der Waals surface area contributed by atoms with E-state index in [-0.39, 0.29) is 11.7 Å². The van der Waals surface area contributed by atoms with Gasteiger partial charge in [-0.25, -0.2) is 19.9 Å². The maximum absolute atomic E-state index is 12.7. The Balaban J connectivity index is 1.38. The fraction of sp³-hybridized carbons (Fsp3) is 0.115. The standard InChI is InChI=1S/C26H18ClN5O2/c27-17-8-9-20-18(13-17)24(15-5-2-1-3-6-15)31-26(29-20)32-25-28-14-19-21(30-25)11-16(12-22(19)33)23-7-4-10-34-23/h1-10,13-14,16H,11-12H2,(H,28,29,30,31,32)/t16-/m0/s1. The average Bonchev–Trinajstić information content (AvgIpc) is 3.39. The van der Waals surface area contributed by atoms with E-state index in [2.05, 4.69) is 20.3 Å². The number of hydrogen-bond acceptors (Lipinski definition) is 7. The molecule has 1 atom stereocenters. The van der Waals surface area contributed by atoms with E-state index in [1.165, 1.54) is 0 Å². The SMILES string of the molecule is O=C1C[C@@H](c2ccco2)Cc2nc(Nc3nc(-c4ccccc4)c4cc(Cl)ccc4n3)ncc21. The lowest BCUT2D eigenvalue weighted by atomic mass is 9.85. The zero-order chi connectivity index (χ0) is 23.1. The van der Waals surface area contributed by atoms with Gasteiger partial charge >= 0.3 is 0 Å². The summed E-state index contributed by atoms with van der Waals surface area (Å²) >= 11 is 6.25. The van der Waals surface area contributed by atoms with Crippen molar-refractivity contribution in [2.75, 3.05) is 5.32 Å². The number of benzene rings is 2. The minimum atomic E-state index is -0.0379. The van der Waals surface area contributed by atoms with Crippen molar-refractivity contribution < 1.29 is 9.21 Å². The summed E-state index contributed by atoms with van der Waals surface area (Å²) in [6, 6.07) is 19.1. The molecule has 0 saturated heterocycles. The second-order valence-corrected chi connectivity index (χ2v) is 8.58. The number of ketones is 1. The molecule has 3 heterocycles. The maximum atomic E-state index is 12.7. The number of nitrogens with one attached hydrogen (secondary N) is 1. The van der Waals surface area contributed by atoms with Crippen molar-refractivity contribution in [1.82, 2.24) is 19.9 Å². The summed E-state index contributed by atoms with van der Waals surface area (Å²) in [5.41, 5.74) is 3.67. The van der Waals surface area contributed by atoms with Crippen LogP contribution in [0.15, 0.2) is 77.5 Å². The van der Waals surface area contributed by atoms with E-state index in [4.69, 9.17) is 21.0 Å². The first kappa shape index (κ1) is 20.5. The Morgan fingerprint density at radius 1 is 0.941 bits per heavy atom. The lowest BCUT2D eigenvalue weighted by Crippen LogP contribution is -2.21. The molecule has 166 valence electrons. The van der Waals surface area contributed by atoms with Crippen LogP contribution in [-0.2, 0) is 6.42 Å². The third kappa shape index (κ3) is 3.80. The molecule has 1 aliphatic rings. The Labute approximate surface area is 199 Å². The molecule has 0 spiro atoms. The summed E-state index contributed by atoms with van der Waals surface area (Å²) in [7, 11) is 0. The highest BCUT2D eigenvalue weighted by Gasteiger charge is 2.29. The van der Waals surface area contributed by atoms with Gasteiger partial charge in [-0.1, -0.05) is 41.9 Å². The van der Waals surface area contributed by atoms with Crippen LogP contribution in [0.2, 0.25) is 5.02 Å². The Kier molecular flexibility index (Phi) is 5.04.